The van der Waals surface area contributed by atoms with Gasteiger partial charge in [0.25, 0.3) is 0 Å². The van der Waals surface area contributed by atoms with Crippen molar-refractivity contribution in [3.8, 4) is 0 Å². The molecule has 0 aromatic heterocycles. The normalized spacial score (nSPS) is 14.9. The average Bonchev–Trinajstić information content (AvgIpc) is 2.88. The molecule has 34 heavy (non-hydrogen) atoms. The first-order valence-electron chi connectivity index (χ1n) is 11.6. The molecule has 0 unspecified atom stereocenters. The summed E-state index contributed by atoms with van der Waals surface area (Å²) in [5.74, 6) is -0.00182. The van der Waals surface area contributed by atoms with Crippen LogP contribution in [0, 0.1) is 0 Å². The Hall–Kier alpha value is -3.31. The first-order valence-corrected chi connectivity index (χ1v) is 12.0. The van der Waals surface area contributed by atoms with Crippen molar-refractivity contribution >= 4 is 23.6 Å². The number of carbonyl (C=O) groups excluding carboxylic acids is 2. The molecule has 3 aromatic carbocycles. The molecular weight excluding hydrogens is 448 g/mol. The Bertz CT molecular complexity index is 1100. The zero-order chi connectivity index (χ0) is 23.8. The third-order valence-corrected chi connectivity index (χ3v) is 6.66. The lowest BCUT2D eigenvalue weighted by atomic mass is 9.72. The van der Waals surface area contributed by atoms with Crippen LogP contribution >= 0.6 is 11.6 Å². The van der Waals surface area contributed by atoms with Crippen LogP contribution in [0.4, 0.5) is 4.79 Å². The van der Waals surface area contributed by atoms with Crippen LogP contribution in [-0.4, -0.2) is 36.5 Å². The van der Waals surface area contributed by atoms with Gasteiger partial charge in [0.2, 0.25) is 5.91 Å². The van der Waals surface area contributed by atoms with E-state index in [4.69, 9.17) is 16.3 Å². The van der Waals surface area contributed by atoms with Crippen molar-refractivity contribution in [2.24, 2.45) is 0 Å². The largest absolute Gasteiger partial charge is 0.445 e. The zero-order valence-corrected chi connectivity index (χ0v) is 19.8. The maximum absolute atomic E-state index is 13.5. The van der Waals surface area contributed by atoms with E-state index in [2.05, 4.69) is 5.32 Å². The summed E-state index contributed by atoms with van der Waals surface area (Å²) < 4.78 is 5.50. The second-order valence-corrected chi connectivity index (χ2v) is 9.05. The van der Waals surface area contributed by atoms with Gasteiger partial charge >= 0.3 is 6.09 Å². The summed E-state index contributed by atoms with van der Waals surface area (Å²) >= 11 is 6.08. The highest BCUT2D eigenvalue weighted by molar-refractivity contribution is 6.30. The number of halogens is 1. The molecule has 5 nitrogen and oxygen atoms in total. The number of nitrogens with zero attached hydrogens (tertiary/aromatic N) is 1. The Labute approximate surface area is 205 Å². The van der Waals surface area contributed by atoms with Crippen molar-refractivity contribution < 1.29 is 14.3 Å². The van der Waals surface area contributed by atoms with Crippen LogP contribution in [0.2, 0.25) is 5.02 Å². The minimum atomic E-state index is -0.675. The number of amides is 2. The predicted octanol–water partition coefficient (Wildman–Crippen LogP) is 5.37. The van der Waals surface area contributed by atoms with E-state index in [1.807, 2.05) is 84.9 Å². The van der Waals surface area contributed by atoms with Gasteiger partial charge in [0.05, 0.1) is 5.41 Å². The third-order valence-electron chi connectivity index (χ3n) is 6.43. The Morgan fingerprint density at radius 2 is 1.53 bits per heavy atom. The van der Waals surface area contributed by atoms with Crippen LogP contribution in [0.15, 0.2) is 84.9 Å². The van der Waals surface area contributed by atoms with Crippen LogP contribution < -0.4 is 5.32 Å². The highest BCUT2D eigenvalue weighted by Gasteiger charge is 2.43. The topological polar surface area (TPSA) is 58.6 Å². The third kappa shape index (κ3) is 5.78. The van der Waals surface area contributed by atoms with Gasteiger partial charge in [-0.25, -0.2) is 4.79 Å². The van der Waals surface area contributed by atoms with Gasteiger partial charge in [-0.2, -0.15) is 0 Å². The van der Waals surface area contributed by atoms with Crippen LogP contribution in [0.3, 0.4) is 0 Å². The van der Waals surface area contributed by atoms with Crippen molar-refractivity contribution in [3.05, 3.63) is 107 Å². The molecule has 1 aliphatic rings. The van der Waals surface area contributed by atoms with E-state index in [0.29, 0.717) is 43.9 Å². The van der Waals surface area contributed by atoms with E-state index in [9.17, 15) is 9.59 Å². The summed E-state index contributed by atoms with van der Waals surface area (Å²) in [7, 11) is 0. The Balaban J connectivity index is 1.38. The van der Waals surface area contributed by atoms with Crippen molar-refractivity contribution in [2.75, 3.05) is 19.6 Å². The van der Waals surface area contributed by atoms with Gasteiger partial charge in [-0.05, 0) is 48.1 Å². The molecule has 0 saturated carbocycles. The second-order valence-electron chi connectivity index (χ2n) is 8.61. The zero-order valence-electron chi connectivity index (χ0n) is 19.1. The van der Waals surface area contributed by atoms with E-state index in [0.717, 1.165) is 16.7 Å². The van der Waals surface area contributed by atoms with E-state index in [1.165, 1.54) is 0 Å². The minimum absolute atomic E-state index is 0.00182. The molecule has 1 aliphatic heterocycles. The van der Waals surface area contributed by atoms with E-state index in [-0.39, 0.29) is 18.6 Å². The van der Waals surface area contributed by atoms with Gasteiger partial charge in [-0.1, -0.05) is 84.4 Å². The molecule has 2 amide bonds. The Morgan fingerprint density at radius 3 is 2.21 bits per heavy atom. The fourth-order valence-electron chi connectivity index (χ4n) is 4.47. The monoisotopic (exact) mass is 476 g/mol. The summed E-state index contributed by atoms with van der Waals surface area (Å²) in [4.78, 5) is 27.8. The van der Waals surface area contributed by atoms with Gasteiger partial charge in [-0.15, -0.1) is 0 Å². The molecule has 1 saturated heterocycles. The highest BCUT2D eigenvalue weighted by Crippen LogP contribution is 2.36. The maximum Gasteiger partial charge on any atom is 0.410 e. The van der Waals surface area contributed by atoms with Crippen LogP contribution in [0.1, 0.15) is 29.5 Å². The molecule has 4 rings (SSSR count). The molecule has 0 bridgehead atoms. The van der Waals surface area contributed by atoms with Crippen LogP contribution in [0.25, 0.3) is 0 Å². The number of piperidine rings is 1. The second kappa shape index (κ2) is 11.2. The first kappa shape index (κ1) is 23.8. The van der Waals surface area contributed by atoms with E-state index < -0.39 is 5.41 Å². The van der Waals surface area contributed by atoms with Gasteiger partial charge < -0.3 is 15.0 Å². The number of carbonyl (C=O) groups is 2. The fourth-order valence-corrected chi connectivity index (χ4v) is 4.68. The summed E-state index contributed by atoms with van der Waals surface area (Å²) in [5, 5.41) is 3.82. The highest BCUT2D eigenvalue weighted by atomic mass is 35.5. The molecule has 0 aliphatic carbocycles. The molecule has 6 heteroatoms. The Kier molecular flexibility index (Phi) is 7.86. The van der Waals surface area contributed by atoms with Crippen molar-refractivity contribution in [1.82, 2.24) is 10.2 Å². The number of nitrogens with one attached hydrogen (secondary N) is 1. The molecular formula is C28H29ClN2O3. The van der Waals surface area contributed by atoms with Gasteiger partial charge in [-0.3, -0.25) is 4.79 Å². The first-order chi connectivity index (χ1) is 16.6. The van der Waals surface area contributed by atoms with E-state index in [1.54, 1.807) is 4.90 Å². The Morgan fingerprint density at radius 1 is 0.882 bits per heavy atom. The van der Waals surface area contributed by atoms with Gasteiger partial charge in [0, 0.05) is 24.7 Å². The number of hydrogen-bond donors (Lipinski definition) is 1. The number of ether oxygens (including phenoxy) is 1. The number of rotatable bonds is 7. The number of likely N-dealkylation sites (tertiary alicyclic amines) is 1. The summed E-state index contributed by atoms with van der Waals surface area (Å²) in [5.41, 5.74) is 2.34. The van der Waals surface area contributed by atoms with Gasteiger partial charge in [0.1, 0.15) is 6.61 Å². The summed E-state index contributed by atoms with van der Waals surface area (Å²) in [6.07, 6.45) is 1.45. The molecule has 1 heterocycles. The fraction of sp³-hybridized carbons (Fsp3) is 0.286. The molecule has 0 spiro atoms. The van der Waals surface area contributed by atoms with E-state index >= 15 is 0 Å². The SMILES string of the molecule is O=C(OCc1ccccc1)N1CCC(C(=O)NCCc2cccc(Cl)c2)(c2ccccc2)CC1. The lowest BCUT2D eigenvalue weighted by molar-refractivity contribution is -0.128. The maximum atomic E-state index is 13.5. The van der Waals surface area contributed by atoms with Crippen molar-refractivity contribution in [3.63, 3.8) is 0 Å². The van der Waals surface area contributed by atoms with Crippen molar-refractivity contribution in [1.29, 1.82) is 0 Å². The minimum Gasteiger partial charge on any atom is -0.445 e. The summed E-state index contributed by atoms with van der Waals surface area (Å²) in [6, 6.07) is 27.2. The van der Waals surface area contributed by atoms with Crippen molar-refractivity contribution in [2.45, 2.75) is 31.3 Å². The van der Waals surface area contributed by atoms with Crippen LogP contribution in [0.5, 0.6) is 0 Å². The quantitative estimate of drug-likeness (QED) is 0.498. The predicted molar refractivity (Wildman–Crippen MR) is 134 cm³/mol. The van der Waals surface area contributed by atoms with Gasteiger partial charge in [0.15, 0.2) is 0 Å². The molecule has 1 N–H and O–H groups in total. The average molecular weight is 477 g/mol. The molecule has 0 radical (unpaired) electrons. The smallest absolute Gasteiger partial charge is 0.410 e. The summed E-state index contributed by atoms with van der Waals surface area (Å²) in [6.45, 7) is 1.69. The van der Waals surface area contributed by atoms with Crippen LogP contribution in [-0.2, 0) is 28.0 Å². The molecule has 3 aromatic rings. The number of hydrogen-bond acceptors (Lipinski definition) is 3. The standard InChI is InChI=1S/C28H29ClN2O3/c29-25-13-7-10-22(20-25)14-17-30-26(32)28(24-11-5-2-6-12-24)15-18-31(19-16-28)27(33)34-21-23-8-3-1-4-9-23/h1-13,20H,14-19,21H2,(H,30,32). The molecule has 0 atom stereocenters. The lowest BCUT2D eigenvalue weighted by Gasteiger charge is -2.40. The molecule has 1 fully saturated rings. The molecule has 176 valence electrons. The number of benzene rings is 3. The lowest BCUT2D eigenvalue weighted by Crippen LogP contribution is -2.53.